The molecule has 0 N–H and O–H groups in total. The van der Waals surface area contributed by atoms with Crippen molar-refractivity contribution < 1.29 is 23.8 Å². The van der Waals surface area contributed by atoms with Gasteiger partial charge in [0.05, 0.1) is 26.7 Å². The Morgan fingerprint density at radius 2 is 1.73 bits per heavy atom. The highest BCUT2D eigenvalue weighted by Crippen LogP contribution is 2.24. The number of nitrogens with zero attached hydrogens (tertiary/aromatic N) is 1. The van der Waals surface area contributed by atoms with E-state index in [0.29, 0.717) is 23.5 Å². The molecule has 1 heterocycles. The topological polar surface area (TPSA) is 65.1 Å². The number of carbonyl (C=O) groups is 2. The zero-order chi connectivity index (χ0) is 18.5. The van der Waals surface area contributed by atoms with Crippen molar-refractivity contribution in [3.05, 3.63) is 59.7 Å². The number of imide groups is 1. The lowest BCUT2D eigenvalue weighted by Gasteiger charge is -2.20. The summed E-state index contributed by atoms with van der Waals surface area (Å²) in [7, 11) is 3.10. The molecule has 3 rings (SSSR count). The quantitative estimate of drug-likeness (QED) is 0.797. The van der Waals surface area contributed by atoms with E-state index in [-0.39, 0.29) is 25.0 Å². The molecule has 0 aliphatic carbocycles. The smallest absolute Gasteiger partial charge is 0.416 e. The summed E-state index contributed by atoms with van der Waals surface area (Å²) in [5, 5.41) is 0. The Morgan fingerprint density at radius 3 is 2.35 bits per heavy atom. The molecule has 0 radical (unpaired) electrons. The summed E-state index contributed by atoms with van der Waals surface area (Å²) in [6.07, 6.45) is 0.0408. The van der Waals surface area contributed by atoms with E-state index < -0.39 is 6.09 Å². The Hall–Kier alpha value is -3.02. The van der Waals surface area contributed by atoms with Gasteiger partial charge in [0.1, 0.15) is 18.1 Å². The van der Waals surface area contributed by atoms with E-state index in [2.05, 4.69) is 0 Å². The molecule has 0 spiro atoms. The van der Waals surface area contributed by atoms with Crippen LogP contribution in [0.3, 0.4) is 0 Å². The second kappa shape index (κ2) is 7.91. The molecule has 6 heteroatoms. The molecule has 0 aromatic heterocycles. The van der Waals surface area contributed by atoms with Gasteiger partial charge in [-0.1, -0.05) is 30.3 Å². The average Bonchev–Trinajstić information content (AvgIpc) is 3.02. The number of hydrogen-bond donors (Lipinski definition) is 0. The van der Waals surface area contributed by atoms with Gasteiger partial charge in [-0.15, -0.1) is 0 Å². The van der Waals surface area contributed by atoms with Crippen molar-refractivity contribution in [1.29, 1.82) is 0 Å². The van der Waals surface area contributed by atoms with Gasteiger partial charge in [-0.05, 0) is 29.7 Å². The molecular formula is C20H21NO5. The Morgan fingerprint density at radius 1 is 1.08 bits per heavy atom. The molecule has 1 saturated heterocycles. The molecule has 0 bridgehead atoms. The molecule has 2 aromatic rings. The molecule has 26 heavy (non-hydrogen) atoms. The molecule has 136 valence electrons. The van der Waals surface area contributed by atoms with E-state index in [1.807, 2.05) is 30.3 Å². The van der Waals surface area contributed by atoms with Crippen molar-refractivity contribution in [3.8, 4) is 11.5 Å². The lowest BCUT2D eigenvalue weighted by Crippen LogP contribution is -2.41. The fourth-order valence-electron chi connectivity index (χ4n) is 3.03. The van der Waals surface area contributed by atoms with Crippen LogP contribution in [0.2, 0.25) is 0 Å². The van der Waals surface area contributed by atoms with Crippen LogP contribution < -0.4 is 9.47 Å². The number of benzene rings is 2. The van der Waals surface area contributed by atoms with E-state index in [4.69, 9.17) is 14.2 Å². The fraction of sp³-hybridized carbons (Fsp3) is 0.300. The highest BCUT2D eigenvalue weighted by Gasteiger charge is 2.37. The van der Waals surface area contributed by atoms with E-state index in [1.54, 1.807) is 32.4 Å². The first-order valence-electron chi connectivity index (χ1n) is 8.35. The summed E-state index contributed by atoms with van der Waals surface area (Å²) in [4.78, 5) is 26.1. The van der Waals surface area contributed by atoms with Gasteiger partial charge in [-0.2, -0.15) is 0 Å². The van der Waals surface area contributed by atoms with Crippen molar-refractivity contribution in [1.82, 2.24) is 4.90 Å². The van der Waals surface area contributed by atoms with Gasteiger partial charge < -0.3 is 14.2 Å². The van der Waals surface area contributed by atoms with Crippen molar-refractivity contribution in [3.63, 3.8) is 0 Å². The molecule has 1 aliphatic rings. The van der Waals surface area contributed by atoms with Gasteiger partial charge in [0, 0.05) is 6.07 Å². The van der Waals surface area contributed by atoms with Crippen molar-refractivity contribution >= 4 is 12.0 Å². The molecule has 1 aliphatic heterocycles. The minimum Gasteiger partial charge on any atom is -0.497 e. The molecule has 6 nitrogen and oxygen atoms in total. The van der Waals surface area contributed by atoms with Crippen LogP contribution in [0.1, 0.15) is 11.1 Å². The number of hydrogen-bond acceptors (Lipinski definition) is 5. The summed E-state index contributed by atoms with van der Waals surface area (Å²) in [6.45, 7) is 0.209. The normalized spacial score (nSPS) is 16.3. The Bertz CT molecular complexity index is 768. The largest absolute Gasteiger partial charge is 0.497 e. The fourth-order valence-corrected chi connectivity index (χ4v) is 3.03. The Labute approximate surface area is 152 Å². The zero-order valence-corrected chi connectivity index (χ0v) is 14.8. The molecule has 1 fully saturated rings. The predicted octanol–water partition coefficient (Wildman–Crippen LogP) is 2.84. The molecule has 2 amide bonds. The third-order valence-electron chi connectivity index (χ3n) is 4.31. The lowest BCUT2D eigenvalue weighted by molar-refractivity contribution is -0.128. The summed E-state index contributed by atoms with van der Waals surface area (Å²) in [5.74, 6) is 0.887. The third kappa shape index (κ3) is 3.96. The van der Waals surface area contributed by atoms with Crippen molar-refractivity contribution in [2.75, 3.05) is 20.8 Å². The molecule has 0 saturated carbocycles. The van der Waals surface area contributed by atoms with Crippen molar-refractivity contribution in [2.24, 2.45) is 0 Å². The minimum atomic E-state index is -0.592. The number of ether oxygens (including phenoxy) is 3. The first-order chi connectivity index (χ1) is 12.6. The van der Waals surface area contributed by atoms with E-state index in [1.165, 1.54) is 4.90 Å². The molecule has 1 atom stereocenters. The molecular weight excluding hydrogens is 334 g/mol. The lowest BCUT2D eigenvalue weighted by atomic mass is 10.0. The van der Waals surface area contributed by atoms with Gasteiger partial charge in [0.15, 0.2) is 0 Å². The second-order valence-corrected chi connectivity index (χ2v) is 6.08. The SMILES string of the molecule is COc1cc(CC(=O)N2C(=O)OC[C@H]2Cc2ccccc2)cc(OC)c1. The van der Waals surface area contributed by atoms with Gasteiger partial charge in [0.25, 0.3) is 0 Å². The maximum Gasteiger partial charge on any atom is 0.416 e. The summed E-state index contributed by atoms with van der Waals surface area (Å²) in [5.41, 5.74) is 1.76. The minimum absolute atomic E-state index is 0.0634. The predicted molar refractivity (Wildman–Crippen MR) is 95.4 cm³/mol. The third-order valence-corrected chi connectivity index (χ3v) is 4.31. The number of amides is 2. The molecule has 0 unspecified atom stereocenters. The van der Waals surface area contributed by atoms with Crippen LogP contribution in [-0.2, 0) is 22.4 Å². The standard InChI is InChI=1S/C20H21NO5/c1-24-17-9-15(10-18(12-17)25-2)11-19(22)21-16(13-26-20(21)23)8-14-6-4-3-5-7-14/h3-7,9-10,12,16H,8,11,13H2,1-2H3/t16-/m1/s1. The molecule has 2 aromatic carbocycles. The maximum absolute atomic E-state index is 12.8. The monoisotopic (exact) mass is 355 g/mol. The summed E-state index contributed by atoms with van der Waals surface area (Å²) in [6, 6.07) is 14.7. The second-order valence-electron chi connectivity index (χ2n) is 6.08. The average molecular weight is 355 g/mol. The highest BCUT2D eigenvalue weighted by atomic mass is 16.6. The van der Waals surface area contributed by atoms with Gasteiger partial charge in [-0.3, -0.25) is 4.79 Å². The van der Waals surface area contributed by atoms with Gasteiger partial charge in [-0.25, -0.2) is 9.69 Å². The van der Waals surface area contributed by atoms with Crippen LogP contribution in [0.5, 0.6) is 11.5 Å². The summed E-state index contributed by atoms with van der Waals surface area (Å²) >= 11 is 0. The van der Waals surface area contributed by atoms with Gasteiger partial charge >= 0.3 is 6.09 Å². The first kappa shape index (κ1) is 17.8. The highest BCUT2D eigenvalue weighted by molar-refractivity contribution is 5.94. The van der Waals surface area contributed by atoms with Gasteiger partial charge in [0.2, 0.25) is 5.91 Å². The number of methoxy groups -OCH3 is 2. The van der Waals surface area contributed by atoms with Crippen LogP contribution in [0.25, 0.3) is 0 Å². The zero-order valence-electron chi connectivity index (χ0n) is 14.8. The summed E-state index contributed by atoms with van der Waals surface area (Å²) < 4.78 is 15.6. The van der Waals surface area contributed by atoms with Crippen LogP contribution in [0.4, 0.5) is 4.79 Å². The Kier molecular flexibility index (Phi) is 5.41. The van der Waals surface area contributed by atoms with Crippen LogP contribution in [-0.4, -0.2) is 43.8 Å². The Balaban J connectivity index is 1.76. The van der Waals surface area contributed by atoms with Crippen LogP contribution in [0, 0.1) is 0 Å². The number of cyclic esters (lactones) is 1. The van der Waals surface area contributed by atoms with E-state index in [9.17, 15) is 9.59 Å². The number of rotatable bonds is 6. The number of carbonyl (C=O) groups excluding carboxylic acids is 2. The van der Waals surface area contributed by atoms with Crippen LogP contribution in [0.15, 0.2) is 48.5 Å². The maximum atomic E-state index is 12.8. The van der Waals surface area contributed by atoms with E-state index >= 15 is 0 Å². The van der Waals surface area contributed by atoms with E-state index in [0.717, 1.165) is 5.56 Å². The van der Waals surface area contributed by atoms with Crippen LogP contribution >= 0.6 is 0 Å². The van der Waals surface area contributed by atoms with Crippen molar-refractivity contribution in [2.45, 2.75) is 18.9 Å². The first-order valence-corrected chi connectivity index (χ1v) is 8.35.